The average Bonchev–Trinajstić information content (AvgIpc) is 2.99. The first-order chi connectivity index (χ1) is 11.8. The molecule has 24 heavy (non-hydrogen) atoms. The minimum Gasteiger partial charge on any atom is -0.314 e. The molecule has 1 fully saturated rings. The van der Waals surface area contributed by atoms with Crippen LogP contribution >= 0.6 is 0 Å². The summed E-state index contributed by atoms with van der Waals surface area (Å²) in [6.45, 7) is 3.18. The summed E-state index contributed by atoms with van der Waals surface area (Å²) in [5, 5.41) is 11.2. The number of rotatable bonds is 17. The van der Waals surface area contributed by atoms with Crippen LogP contribution in [0.2, 0.25) is 0 Å². The second-order valence-corrected chi connectivity index (χ2v) is 8.05. The van der Waals surface area contributed by atoms with Gasteiger partial charge in [-0.05, 0) is 19.3 Å². The molecule has 0 aliphatic carbocycles. The van der Waals surface area contributed by atoms with E-state index >= 15 is 0 Å². The Hall–Kier alpha value is -0.0800. The number of hydrogen-bond donors (Lipinski definition) is 1. The predicted molar refractivity (Wildman–Crippen MR) is 106 cm³/mol. The van der Waals surface area contributed by atoms with Crippen LogP contribution in [0.1, 0.15) is 129 Å². The van der Waals surface area contributed by atoms with Gasteiger partial charge in [0.25, 0.3) is 0 Å². The fourth-order valence-electron chi connectivity index (χ4n) is 4.04. The lowest BCUT2D eigenvalue weighted by atomic mass is 10.0. The Morgan fingerprint density at radius 1 is 0.667 bits per heavy atom. The van der Waals surface area contributed by atoms with E-state index in [0.717, 1.165) is 6.54 Å². The van der Waals surface area contributed by atoms with Gasteiger partial charge < -0.3 is 5.21 Å². The third-order valence-corrected chi connectivity index (χ3v) is 5.74. The topological polar surface area (TPSA) is 23.5 Å². The van der Waals surface area contributed by atoms with Crippen LogP contribution in [0.5, 0.6) is 0 Å². The lowest BCUT2D eigenvalue weighted by Crippen LogP contribution is -2.25. The molecule has 0 aromatic carbocycles. The molecule has 1 aliphatic heterocycles. The molecule has 0 radical (unpaired) electrons. The maximum absolute atomic E-state index is 9.65. The summed E-state index contributed by atoms with van der Waals surface area (Å²) in [6, 6.07) is 0.469. The second-order valence-electron chi connectivity index (χ2n) is 8.05. The van der Waals surface area contributed by atoms with Crippen LogP contribution in [0.4, 0.5) is 0 Å². The molecule has 1 saturated heterocycles. The minimum atomic E-state index is 0.469. The van der Waals surface area contributed by atoms with E-state index < -0.39 is 0 Å². The summed E-state index contributed by atoms with van der Waals surface area (Å²) < 4.78 is 0. The quantitative estimate of drug-likeness (QED) is 0.277. The molecule has 1 atom stereocenters. The van der Waals surface area contributed by atoms with Crippen molar-refractivity contribution in [1.82, 2.24) is 5.06 Å². The number of nitrogens with zero attached hydrogens (tertiary/aromatic N) is 1. The summed E-state index contributed by atoms with van der Waals surface area (Å²) >= 11 is 0. The van der Waals surface area contributed by atoms with Crippen molar-refractivity contribution in [3.05, 3.63) is 0 Å². The molecule has 0 amide bonds. The van der Waals surface area contributed by atoms with Crippen molar-refractivity contribution in [2.24, 2.45) is 0 Å². The van der Waals surface area contributed by atoms with E-state index in [1.807, 2.05) is 0 Å². The van der Waals surface area contributed by atoms with Gasteiger partial charge in [0.05, 0.1) is 0 Å². The smallest absolute Gasteiger partial charge is 0.0350 e. The van der Waals surface area contributed by atoms with E-state index in [9.17, 15) is 5.21 Å². The first-order valence-corrected chi connectivity index (χ1v) is 11.3. The van der Waals surface area contributed by atoms with Gasteiger partial charge in [-0.15, -0.1) is 0 Å². The number of hydrogen-bond acceptors (Lipinski definition) is 2. The molecular weight excluding hydrogens is 294 g/mol. The van der Waals surface area contributed by atoms with Gasteiger partial charge in [-0.3, -0.25) is 0 Å². The Kier molecular flexibility index (Phi) is 15.0. The zero-order valence-electron chi connectivity index (χ0n) is 16.6. The first kappa shape index (κ1) is 22.0. The molecule has 1 unspecified atom stereocenters. The Morgan fingerprint density at radius 3 is 1.46 bits per heavy atom. The van der Waals surface area contributed by atoms with Crippen LogP contribution in [-0.2, 0) is 0 Å². The van der Waals surface area contributed by atoms with Crippen LogP contribution in [0.3, 0.4) is 0 Å². The van der Waals surface area contributed by atoms with E-state index in [1.165, 1.54) is 122 Å². The standard InChI is InChI=1S/C22H45NO/c1-2-3-4-5-6-7-8-9-10-11-12-13-14-15-16-17-19-22-20-18-21-23(22)24/h22,24H,2-21H2,1H3. The van der Waals surface area contributed by atoms with Crippen molar-refractivity contribution in [1.29, 1.82) is 0 Å². The molecule has 0 aromatic heterocycles. The Balaban J connectivity index is 1.67. The largest absolute Gasteiger partial charge is 0.314 e. The van der Waals surface area contributed by atoms with Crippen LogP contribution in [0.15, 0.2) is 0 Å². The molecule has 0 bridgehead atoms. The molecule has 1 N–H and O–H groups in total. The molecule has 1 rings (SSSR count). The van der Waals surface area contributed by atoms with Gasteiger partial charge in [0.15, 0.2) is 0 Å². The van der Waals surface area contributed by atoms with Gasteiger partial charge in [0.2, 0.25) is 0 Å². The van der Waals surface area contributed by atoms with E-state index in [0.29, 0.717) is 6.04 Å². The summed E-state index contributed by atoms with van der Waals surface area (Å²) in [6.07, 6.45) is 26.5. The van der Waals surface area contributed by atoms with Crippen LogP contribution in [0, 0.1) is 0 Å². The van der Waals surface area contributed by atoms with E-state index in [-0.39, 0.29) is 0 Å². The molecule has 2 nitrogen and oxygen atoms in total. The minimum absolute atomic E-state index is 0.469. The SMILES string of the molecule is CCCCCCCCCCCCCCCCCCC1CCCN1O. The van der Waals surface area contributed by atoms with Crippen molar-refractivity contribution in [2.75, 3.05) is 6.54 Å². The zero-order valence-corrected chi connectivity index (χ0v) is 16.6. The van der Waals surface area contributed by atoms with Crippen molar-refractivity contribution in [3.63, 3.8) is 0 Å². The summed E-state index contributed by atoms with van der Waals surface area (Å²) in [4.78, 5) is 0. The van der Waals surface area contributed by atoms with Gasteiger partial charge in [-0.25, -0.2) is 0 Å². The highest BCUT2D eigenvalue weighted by atomic mass is 16.5. The van der Waals surface area contributed by atoms with Gasteiger partial charge in [-0.2, -0.15) is 5.06 Å². The Morgan fingerprint density at radius 2 is 1.08 bits per heavy atom. The molecular formula is C22H45NO. The van der Waals surface area contributed by atoms with Crippen molar-refractivity contribution in [3.8, 4) is 0 Å². The monoisotopic (exact) mass is 339 g/mol. The summed E-state index contributed by atoms with van der Waals surface area (Å²) in [5.41, 5.74) is 0. The molecule has 1 heterocycles. The second kappa shape index (κ2) is 16.4. The van der Waals surface area contributed by atoms with Crippen molar-refractivity contribution < 1.29 is 5.21 Å². The predicted octanol–water partition coefficient (Wildman–Crippen LogP) is 7.49. The molecule has 0 spiro atoms. The first-order valence-electron chi connectivity index (χ1n) is 11.3. The zero-order chi connectivity index (χ0) is 17.3. The maximum Gasteiger partial charge on any atom is 0.0350 e. The summed E-state index contributed by atoms with van der Waals surface area (Å²) in [7, 11) is 0. The highest BCUT2D eigenvalue weighted by Crippen LogP contribution is 2.20. The number of hydroxylamine groups is 2. The molecule has 0 aromatic rings. The van der Waals surface area contributed by atoms with E-state index in [4.69, 9.17) is 0 Å². The Bertz CT molecular complexity index is 256. The maximum atomic E-state index is 9.65. The molecule has 2 heteroatoms. The fourth-order valence-corrected chi connectivity index (χ4v) is 4.04. The highest BCUT2D eigenvalue weighted by molar-refractivity contribution is 4.72. The van der Waals surface area contributed by atoms with Gasteiger partial charge >= 0.3 is 0 Å². The summed E-state index contributed by atoms with van der Waals surface area (Å²) in [5.74, 6) is 0. The molecule has 0 saturated carbocycles. The number of unbranched alkanes of at least 4 members (excludes halogenated alkanes) is 15. The van der Waals surface area contributed by atoms with E-state index in [2.05, 4.69) is 6.92 Å². The van der Waals surface area contributed by atoms with Gasteiger partial charge in [0.1, 0.15) is 0 Å². The average molecular weight is 340 g/mol. The van der Waals surface area contributed by atoms with Crippen molar-refractivity contribution >= 4 is 0 Å². The van der Waals surface area contributed by atoms with Crippen LogP contribution < -0.4 is 0 Å². The van der Waals surface area contributed by atoms with E-state index in [1.54, 1.807) is 5.06 Å². The third kappa shape index (κ3) is 12.3. The van der Waals surface area contributed by atoms with Crippen LogP contribution in [-0.4, -0.2) is 22.9 Å². The third-order valence-electron chi connectivity index (χ3n) is 5.74. The molecule has 1 aliphatic rings. The van der Waals surface area contributed by atoms with Crippen molar-refractivity contribution in [2.45, 2.75) is 135 Å². The Labute approximate surface area is 152 Å². The van der Waals surface area contributed by atoms with Crippen LogP contribution in [0.25, 0.3) is 0 Å². The lowest BCUT2D eigenvalue weighted by molar-refractivity contribution is -0.104. The lowest BCUT2D eigenvalue weighted by Gasteiger charge is -2.16. The van der Waals surface area contributed by atoms with Gasteiger partial charge in [-0.1, -0.05) is 110 Å². The molecule has 144 valence electrons. The highest BCUT2D eigenvalue weighted by Gasteiger charge is 2.21. The normalized spacial score (nSPS) is 18.5. The van der Waals surface area contributed by atoms with Gasteiger partial charge in [0, 0.05) is 12.6 Å². The fraction of sp³-hybridized carbons (Fsp3) is 1.00.